The number of nitrogens with two attached hydrogens (primary N) is 1. The number of hydrogen-bond acceptors (Lipinski definition) is 4. The van der Waals surface area contributed by atoms with Crippen molar-refractivity contribution in [1.82, 2.24) is 0 Å². The minimum Gasteiger partial charge on any atom is -0.365 e. The summed E-state index contributed by atoms with van der Waals surface area (Å²) < 4.78 is 0. The number of carbonyl (C=O) groups is 2. The van der Waals surface area contributed by atoms with Gasteiger partial charge in [-0.1, -0.05) is 60.3 Å². The lowest BCUT2D eigenvalue weighted by molar-refractivity contribution is -0.117. The molecule has 1 aliphatic rings. The fourth-order valence-electron chi connectivity index (χ4n) is 2.86. The van der Waals surface area contributed by atoms with Crippen LogP contribution in [0.1, 0.15) is 11.1 Å². The second kappa shape index (κ2) is 7.46. The van der Waals surface area contributed by atoms with Crippen LogP contribution in [0, 0.1) is 18.3 Å². The first kappa shape index (κ1) is 17.8. The van der Waals surface area contributed by atoms with Crippen LogP contribution >= 0.6 is 11.8 Å². The molecule has 5 nitrogen and oxygen atoms in total. The number of hydrogen-bond donors (Lipinski definition) is 1. The van der Waals surface area contributed by atoms with Gasteiger partial charge in [0.1, 0.15) is 16.7 Å². The van der Waals surface area contributed by atoms with Gasteiger partial charge in [0.15, 0.2) is 0 Å². The van der Waals surface area contributed by atoms with Crippen molar-refractivity contribution in [3.63, 3.8) is 0 Å². The van der Waals surface area contributed by atoms with E-state index in [1.807, 2.05) is 61.5 Å². The predicted molar refractivity (Wildman–Crippen MR) is 102 cm³/mol. The average Bonchev–Trinajstić information content (AvgIpc) is 2.93. The second-order valence-corrected chi connectivity index (χ2v) is 7.10. The molecular weight excluding hydrogens is 346 g/mol. The highest BCUT2D eigenvalue weighted by atomic mass is 32.2. The number of nitriles is 1. The third-order valence-electron chi connectivity index (χ3n) is 4.15. The van der Waals surface area contributed by atoms with E-state index in [0.717, 1.165) is 11.1 Å². The van der Waals surface area contributed by atoms with Gasteiger partial charge in [-0.3, -0.25) is 14.5 Å². The summed E-state index contributed by atoms with van der Waals surface area (Å²) in [7, 11) is 0. The molecule has 0 radical (unpaired) electrons. The molecule has 26 heavy (non-hydrogen) atoms. The lowest BCUT2D eigenvalue weighted by Gasteiger charge is -2.20. The van der Waals surface area contributed by atoms with Crippen molar-refractivity contribution >= 4 is 29.3 Å². The first-order valence-corrected chi connectivity index (χ1v) is 8.95. The number of aryl methyl sites for hydroxylation is 1. The maximum atomic E-state index is 13.1. The third-order valence-corrected chi connectivity index (χ3v) is 5.41. The van der Waals surface area contributed by atoms with Crippen LogP contribution in [0.5, 0.6) is 0 Å². The van der Waals surface area contributed by atoms with E-state index < -0.39 is 11.2 Å². The molecular formula is C20H17N3O2S. The van der Waals surface area contributed by atoms with E-state index in [4.69, 9.17) is 5.73 Å². The van der Waals surface area contributed by atoms with Crippen LogP contribution in [0.2, 0.25) is 0 Å². The number of primary amides is 1. The monoisotopic (exact) mass is 363 g/mol. The van der Waals surface area contributed by atoms with Crippen molar-refractivity contribution in [2.75, 3.05) is 4.90 Å². The van der Waals surface area contributed by atoms with Gasteiger partial charge in [0, 0.05) is 0 Å². The van der Waals surface area contributed by atoms with Crippen LogP contribution in [0.25, 0.3) is 0 Å². The number of rotatable bonds is 4. The molecule has 1 fully saturated rings. The molecule has 0 aliphatic carbocycles. The Hall–Kier alpha value is -3.04. The maximum Gasteiger partial charge on any atom is 0.262 e. The van der Waals surface area contributed by atoms with E-state index in [1.165, 1.54) is 16.7 Å². The van der Waals surface area contributed by atoms with Crippen LogP contribution in [0.15, 0.2) is 65.2 Å². The van der Waals surface area contributed by atoms with Crippen LogP contribution in [-0.2, 0) is 16.0 Å². The highest BCUT2D eigenvalue weighted by Crippen LogP contribution is 2.42. The molecule has 2 aromatic carbocycles. The number of carbonyl (C=O) groups excluding carboxylic acids is 2. The van der Waals surface area contributed by atoms with Gasteiger partial charge in [-0.05, 0) is 30.5 Å². The van der Waals surface area contributed by atoms with Gasteiger partial charge < -0.3 is 5.73 Å². The average molecular weight is 363 g/mol. The number of benzene rings is 2. The fourth-order valence-corrected chi connectivity index (χ4v) is 4.17. The molecule has 0 bridgehead atoms. The van der Waals surface area contributed by atoms with Crippen molar-refractivity contribution in [2.24, 2.45) is 5.73 Å². The van der Waals surface area contributed by atoms with Crippen molar-refractivity contribution in [2.45, 2.75) is 18.6 Å². The van der Waals surface area contributed by atoms with Crippen LogP contribution in [0.4, 0.5) is 5.69 Å². The molecule has 6 heteroatoms. The Kier molecular flexibility index (Phi) is 5.10. The minimum atomic E-state index is -0.832. The van der Waals surface area contributed by atoms with E-state index in [9.17, 15) is 14.9 Å². The Balaban J connectivity index is 2.07. The van der Waals surface area contributed by atoms with E-state index in [0.29, 0.717) is 17.1 Å². The molecule has 0 aromatic heterocycles. The Labute approximate surface area is 156 Å². The number of para-hydroxylation sites is 1. The van der Waals surface area contributed by atoms with Crippen molar-refractivity contribution in [3.8, 4) is 6.07 Å². The zero-order valence-electron chi connectivity index (χ0n) is 14.2. The van der Waals surface area contributed by atoms with Gasteiger partial charge in [0.2, 0.25) is 5.91 Å². The second-order valence-electron chi connectivity index (χ2n) is 5.91. The Bertz CT molecular complexity index is 932. The van der Waals surface area contributed by atoms with Crippen molar-refractivity contribution in [1.29, 1.82) is 5.26 Å². The smallest absolute Gasteiger partial charge is 0.262 e. The summed E-state index contributed by atoms with van der Waals surface area (Å²) in [5, 5.41) is 9.28. The summed E-state index contributed by atoms with van der Waals surface area (Å²) in [6.45, 7) is 1.88. The standard InChI is InChI=1S/C20H17N3O2S/c1-13-7-5-6-10-16(13)23-19(25)17(11-14-8-3-2-4-9-14)26-20(23)15(12-21)18(22)24/h2-10,17H,11H2,1H3,(H2,22,24)/b20-15-/t17-/m1/s1. The number of nitrogens with zero attached hydrogens (tertiary/aromatic N) is 2. The molecule has 2 amide bonds. The zero-order chi connectivity index (χ0) is 18.7. The van der Waals surface area contributed by atoms with Gasteiger partial charge in [0.25, 0.3) is 5.91 Å². The first-order valence-electron chi connectivity index (χ1n) is 8.07. The topological polar surface area (TPSA) is 87.2 Å². The highest BCUT2D eigenvalue weighted by molar-refractivity contribution is 8.05. The molecule has 2 aromatic rings. The Morgan fingerprint density at radius 2 is 1.85 bits per heavy atom. The van der Waals surface area contributed by atoms with Crippen LogP contribution in [0.3, 0.4) is 0 Å². The third kappa shape index (κ3) is 3.35. The molecule has 0 spiro atoms. The normalized spacial score (nSPS) is 18.5. The maximum absolute atomic E-state index is 13.1. The molecule has 1 aliphatic heterocycles. The SMILES string of the molecule is Cc1ccccc1N1C(=O)[C@@H](Cc2ccccc2)S/C1=C(/C#N)C(N)=O. The lowest BCUT2D eigenvalue weighted by Crippen LogP contribution is -2.31. The van der Waals surface area contributed by atoms with Crippen molar-refractivity contribution < 1.29 is 9.59 Å². The van der Waals surface area contributed by atoms with Gasteiger partial charge in [-0.15, -0.1) is 0 Å². The van der Waals surface area contributed by atoms with Gasteiger partial charge >= 0.3 is 0 Å². The quantitative estimate of drug-likeness (QED) is 0.668. The molecule has 1 atom stereocenters. The Morgan fingerprint density at radius 3 is 2.46 bits per heavy atom. The number of anilines is 1. The molecule has 130 valence electrons. The molecule has 1 saturated heterocycles. The molecule has 1 heterocycles. The van der Waals surface area contributed by atoms with Gasteiger partial charge in [0.05, 0.1) is 10.9 Å². The van der Waals surface area contributed by atoms with Gasteiger partial charge in [-0.25, -0.2) is 0 Å². The summed E-state index contributed by atoms with van der Waals surface area (Å²) >= 11 is 1.22. The van der Waals surface area contributed by atoms with E-state index >= 15 is 0 Å². The predicted octanol–water partition coefficient (Wildman–Crippen LogP) is 2.91. The molecule has 0 saturated carbocycles. The van der Waals surface area contributed by atoms with E-state index in [1.54, 1.807) is 6.07 Å². The number of thioether (sulfide) groups is 1. The Morgan fingerprint density at radius 1 is 1.19 bits per heavy atom. The lowest BCUT2D eigenvalue weighted by atomic mass is 10.1. The summed E-state index contributed by atoms with van der Waals surface area (Å²) in [6.07, 6.45) is 0.508. The van der Waals surface area contributed by atoms with Crippen LogP contribution in [-0.4, -0.2) is 17.1 Å². The van der Waals surface area contributed by atoms with E-state index in [-0.39, 0.29) is 11.5 Å². The molecule has 2 N–H and O–H groups in total. The van der Waals surface area contributed by atoms with Crippen molar-refractivity contribution in [3.05, 3.63) is 76.3 Å². The molecule has 3 rings (SSSR count). The molecule has 0 unspecified atom stereocenters. The van der Waals surface area contributed by atoms with E-state index in [2.05, 4.69) is 0 Å². The van der Waals surface area contributed by atoms with Gasteiger partial charge in [-0.2, -0.15) is 5.26 Å². The summed E-state index contributed by atoms with van der Waals surface area (Å²) in [4.78, 5) is 26.3. The highest BCUT2D eigenvalue weighted by Gasteiger charge is 2.40. The first-order chi connectivity index (χ1) is 12.5. The fraction of sp³-hybridized carbons (Fsp3) is 0.150. The zero-order valence-corrected chi connectivity index (χ0v) is 15.0. The minimum absolute atomic E-state index is 0.155. The summed E-state index contributed by atoms with van der Waals surface area (Å²) in [5.74, 6) is -0.987. The summed E-state index contributed by atoms with van der Waals surface area (Å²) in [5.41, 5.74) is 7.73. The largest absolute Gasteiger partial charge is 0.365 e. The van der Waals surface area contributed by atoms with Crippen LogP contribution < -0.4 is 10.6 Å². The number of amides is 2. The summed E-state index contributed by atoms with van der Waals surface area (Å²) in [6, 6.07) is 18.9.